The van der Waals surface area contributed by atoms with E-state index in [-0.39, 0.29) is 23.7 Å². The van der Waals surface area contributed by atoms with Crippen LogP contribution in [0.4, 0.5) is 0 Å². The van der Waals surface area contributed by atoms with E-state index < -0.39 is 0 Å². The lowest BCUT2D eigenvalue weighted by molar-refractivity contribution is -0.135. The van der Waals surface area contributed by atoms with Crippen molar-refractivity contribution in [2.45, 2.75) is 59.9 Å². The molecule has 1 fully saturated rings. The highest BCUT2D eigenvalue weighted by Gasteiger charge is 2.28. The molecule has 32 heavy (non-hydrogen) atoms. The Hall–Kier alpha value is -3.03. The van der Waals surface area contributed by atoms with Gasteiger partial charge >= 0.3 is 5.97 Å². The maximum atomic E-state index is 12.9. The third-order valence-electron chi connectivity index (χ3n) is 6.04. The third-order valence-corrected chi connectivity index (χ3v) is 6.04. The number of carbonyl (C=O) groups is 3. The zero-order valence-electron chi connectivity index (χ0n) is 19.4. The highest BCUT2D eigenvalue weighted by molar-refractivity contribution is 5.90. The second-order valence-electron chi connectivity index (χ2n) is 8.36. The van der Waals surface area contributed by atoms with Crippen LogP contribution in [-0.4, -0.2) is 47.4 Å². The molecule has 2 aromatic rings. The van der Waals surface area contributed by atoms with Crippen LogP contribution in [0.25, 0.3) is 0 Å². The molecule has 1 aliphatic rings. The summed E-state index contributed by atoms with van der Waals surface area (Å²) in [5.41, 5.74) is 3.13. The predicted octanol–water partition coefficient (Wildman–Crippen LogP) is 3.20. The number of hydrogen-bond donors (Lipinski definition) is 2. The lowest BCUT2D eigenvalue weighted by atomic mass is 9.96. The van der Waals surface area contributed by atoms with E-state index in [1.807, 2.05) is 32.9 Å². The summed E-state index contributed by atoms with van der Waals surface area (Å²) in [5, 5.41) is 2.92. The van der Waals surface area contributed by atoms with Gasteiger partial charge in [0, 0.05) is 25.2 Å². The largest absolute Gasteiger partial charge is 0.465 e. The van der Waals surface area contributed by atoms with Crippen LogP contribution < -0.4 is 5.32 Å². The van der Waals surface area contributed by atoms with Crippen molar-refractivity contribution in [3.63, 3.8) is 0 Å². The normalized spacial score (nSPS) is 16.1. The minimum atomic E-state index is -0.375. The molecule has 8 heteroatoms. The number of esters is 1. The SMILES string of the molecule is CCOC(=O)c1[nH]c(C)c(CCC(=O)N2CCC[C@H](C(=O)NCc3ccc(C)o3)C2)c1C. The van der Waals surface area contributed by atoms with Gasteiger partial charge in [0.2, 0.25) is 11.8 Å². The first-order chi connectivity index (χ1) is 15.3. The Labute approximate surface area is 188 Å². The quantitative estimate of drug-likeness (QED) is 0.610. The van der Waals surface area contributed by atoms with Crippen LogP contribution in [0.15, 0.2) is 16.5 Å². The number of nitrogens with zero attached hydrogens (tertiary/aromatic N) is 1. The lowest BCUT2D eigenvalue weighted by Gasteiger charge is -2.32. The molecule has 1 atom stereocenters. The number of furan rings is 1. The van der Waals surface area contributed by atoms with Crippen LogP contribution >= 0.6 is 0 Å². The van der Waals surface area contributed by atoms with Gasteiger partial charge in [-0.1, -0.05) is 0 Å². The first-order valence-corrected chi connectivity index (χ1v) is 11.3. The number of ether oxygens (including phenoxy) is 1. The smallest absolute Gasteiger partial charge is 0.355 e. The minimum absolute atomic E-state index is 0.0295. The Kier molecular flexibility index (Phi) is 7.77. The molecule has 2 amide bonds. The summed E-state index contributed by atoms with van der Waals surface area (Å²) in [7, 11) is 0. The fourth-order valence-electron chi connectivity index (χ4n) is 4.28. The summed E-state index contributed by atoms with van der Waals surface area (Å²) >= 11 is 0. The molecule has 1 saturated heterocycles. The molecule has 2 N–H and O–H groups in total. The Balaban J connectivity index is 1.53. The van der Waals surface area contributed by atoms with Gasteiger partial charge in [-0.2, -0.15) is 0 Å². The van der Waals surface area contributed by atoms with E-state index in [0.29, 0.717) is 44.8 Å². The van der Waals surface area contributed by atoms with E-state index >= 15 is 0 Å². The van der Waals surface area contributed by atoms with E-state index in [1.165, 1.54) is 0 Å². The molecule has 0 radical (unpaired) electrons. The number of piperidine rings is 1. The lowest BCUT2D eigenvalue weighted by Crippen LogP contribution is -2.45. The van der Waals surface area contributed by atoms with Crippen molar-refractivity contribution in [1.82, 2.24) is 15.2 Å². The molecule has 0 bridgehead atoms. The maximum absolute atomic E-state index is 12.9. The van der Waals surface area contributed by atoms with Crippen molar-refractivity contribution in [2.75, 3.05) is 19.7 Å². The first-order valence-electron chi connectivity index (χ1n) is 11.3. The maximum Gasteiger partial charge on any atom is 0.355 e. The summed E-state index contributed by atoms with van der Waals surface area (Å²) in [4.78, 5) is 42.4. The number of H-pyrrole nitrogens is 1. The van der Waals surface area contributed by atoms with Crippen LogP contribution in [0.3, 0.4) is 0 Å². The molecule has 0 spiro atoms. The number of aryl methyl sites for hydroxylation is 2. The van der Waals surface area contributed by atoms with E-state index in [0.717, 1.165) is 41.2 Å². The van der Waals surface area contributed by atoms with Crippen molar-refractivity contribution >= 4 is 17.8 Å². The summed E-state index contributed by atoms with van der Waals surface area (Å²) in [6, 6.07) is 3.72. The van der Waals surface area contributed by atoms with Gasteiger partial charge in [0.15, 0.2) is 0 Å². The molecule has 0 aliphatic carbocycles. The monoisotopic (exact) mass is 443 g/mol. The Morgan fingerprint density at radius 2 is 2.03 bits per heavy atom. The van der Waals surface area contributed by atoms with Crippen LogP contribution in [-0.2, 0) is 27.3 Å². The molecule has 0 unspecified atom stereocenters. The summed E-state index contributed by atoms with van der Waals surface area (Å²) in [6.07, 6.45) is 2.45. The number of likely N-dealkylation sites (tertiary alicyclic amines) is 1. The molecular formula is C24H33N3O5. The Morgan fingerprint density at radius 1 is 1.25 bits per heavy atom. The van der Waals surface area contributed by atoms with Crippen molar-refractivity contribution < 1.29 is 23.5 Å². The first kappa shape index (κ1) is 23.6. The predicted molar refractivity (Wildman–Crippen MR) is 119 cm³/mol. The molecule has 1 aliphatic heterocycles. The zero-order valence-corrected chi connectivity index (χ0v) is 19.4. The molecule has 0 aromatic carbocycles. The summed E-state index contributed by atoms with van der Waals surface area (Å²) < 4.78 is 10.6. The summed E-state index contributed by atoms with van der Waals surface area (Å²) in [5.74, 6) is 0.926. The van der Waals surface area contributed by atoms with Gasteiger partial charge in [0.05, 0.1) is 19.1 Å². The minimum Gasteiger partial charge on any atom is -0.465 e. The van der Waals surface area contributed by atoms with Gasteiger partial charge in [-0.05, 0) is 70.2 Å². The fraction of sp³-hybridized carbons (Fsp3) is 0.542. The zero-order chi connectivity index (χ0) is 23.3. The Bertz CT molecular complexity index is 974. The van der Waals surface area contributed by atoms with E-state index in [9.17, 15) is 14.4 Å². The van der Waals surface area contributed by atoms with E-state index in [2.05, 4.69) is 10.3 Å². The fourth-order valence-corrected chi connectivity index (χ4v) is 4.28. The topological polar surface area (TPSA) is 105 Å². The number of hydrogen-bond acceptors (Lipinski definition) is 5. The highest BCUT2D eigenvalue weighted by Crippen LogP contribution is 2.22. The number of amides is 2. The average Bonchev–Trinajstić information content (AvgIpc) is 3.32. The van der Waals surface area contributed by atoms with Crippen molar-refractivity contribution in [3.8, 4) is 0 Å². The van der Waals surface area contributed by atoms with Gasteiger partial charge in [0.1, 0.15) is 17.2 Å². The highest BCUT2D eigenvalue weighted by atomic mass is 16.5. The molecule has 8 nitrogen and oxygen atoms in total. The second kappa shape index (κ2) is 10.5. The van der Waals surface area contributed by atoms with Crippen LogP contribution in [0, 0.1) is 26.7 Å². The third kappa shape index (κ3) is 5.60. The van der Waals surface area contributed by atoms with Crippen molar-refractivity contribution in [3.05, 3.63) is 46.2 Å². The number of nitrogens with one attached hydrogen (secondary N) is 2. The van der Waals surface area contributed by atoms with Crippen molar-refractivity contribution in [2.24, 2.45) is 5.92 Å². The molecular weight excluding hydrogens is 410 g/mol. The standard InChI is InChI=1S/C24H33N3O5/c1-5-31-24(30)22-16(3)20(17(4)26-22)10-11-21(28)27-12-6-7-18(14-27)23(29)25-13-19-9-8-15(2)32-19/h8-9,18,26H,5-7,10-14H2,1-4H3,(H,25,29)/t18-/m0/s1. The molecule has 3 rings (SSSR count). The molecule has 3 heterocycles. The van der Waals surface area contributed by atoms with Gasteiger partial charge in [-0.15, -0.1) is 0 Å². The Morgan fingerprint density at radius 3 is 2.72 bits per heavy atom. The number of carbonyl (C=O) groups excluding carboxylic acids is 3. The summed E-state index contributed by atoms with van der Waals surface area (Å²) in [6.45, 7) is 9.17. The number of aromatic amines is 1. The molecule has 174 valence electrons. The number of rotatable bonds is 8. The van der Waals surface area contributed by atoms with Crippen molar-refractivity contribution in [1.29, 1.82) is 0 Å². The van der Waals surface area contributed by atoms with E-state index in [4.69, 9.17) is 9.15 Å². The average molecular weight is 444 g/mol. The molecule has 2 aromatic heterocycles. The van der Waals surface area contributed by atoms with E-state index in [1.54, 1.807) is 11.8 Å². The molecule has 0 saturated carbocycles. The second-order valence-corrected chi connectivity index (χ2v) is 8.36. The van der Waals surface area contributed by atoms with Crippen LogP contribution in [0.5, 0.6) is 0 Å². The van der Waals surface area contributed by atoms with Crippen LogP contribution in [0.1, 0.15) is 65.0 Å². The van der Waals surface area contributed by atoms with Gasteiger partial charge < -0.3 is 24.4 Å². The van der Waals surface area contributed by atoms with Gasteiger partial charge in [-0.3, -0.25) is 9.59 Å². The van der Waals surface area contributed by atoms with Gasteiger partial charge in [0.25, 0.3) is 0 Å². The number of aromatic nitrogens is 1. The van der Waals surface area contributed by atoms with Gasteiger partial charge in [-0.25, -0.2) is 4.79 Å². The van der Waals surface area contributed by atoms with Crippen LogP contribution in [0.2, 0.25) is 0 Å².